The van der Waals surface area contributed by atoms with Crippen molar-refractivity contribution < 1.29 is 8.42 Å². The van der Waals surface area contributed by atoms with E-state index in [4.69, 9.17) is 0 Å². The number of nitrogens with zero attached hydrogens (tertiary/aromatic N) is 1. The highest BCUT2D eigenvalue weighted by Gasteiger charge is 2.27. The van der Waals surface area contributed by atoms with Gasteiger partial charge in [-0.1, -0.05) is 29.8 Å². The van der Waals surface area contributed by atoms with Gasteiger partial charge in [0.1, 0.15) is 0 Å². The van der Waals surface area contributed by atoms with Crippen molar-refractivity contribution in [2.24, 2.45) is 0 Å². The van der Waals surface area contributed by atoms with E-state index in [1.54, 1.807) is 0 Å². The van der Waals surface area contributed by atoms with E-state index in [0.717, 1.165) is 11.8 Å². The van der Waals surface area contributed by atoms with Gasteiger partial charge in [0.05, 0.1) is 0 Å². The summed E-state index contributed by atoms with van der Waals surface area (Å²) < 4.78 is 27.9. The van der Waals surface area contributed by atoms with Crippen LogP contribution in [0, 0.1) is 0 Å². The van der Waals surface area contributed by atoms with Gasteiger partial charge in [-0.05, 0) is 20.3 Å². The van der Waals surface area contributed by atoms with Gasteiger partial charge in [0.15, 0.2) is 0 Å². The van der Waals surface area contributed by atoms with Crippen LogP contribution in [0.2, 0.25) is 0 Å². The Morgan fingerprint density at radius 3 is 2.07 bits per heavy atom. The number of hydrogen-bond donors (Lipinski definition) is 1. The summed E-state index contributed by atoms with van der Waals surface area (Å²) in [5, 5.41) is 0.779. The first-order chi connectivity index (χ1) is 6.79. The zero-order valence-electron chi connectivity index (χ0n) is 9.88. The molecule has 0 fully saturated rings. The van der Waals surface area contributed by atoms with Crippen molar-refractivity contribution in [1.82, 2.24) is 9.03 Å². The molecule has 4 nitrogen and oxygen atoms in total. The molecule has 0 aromatic carbocycles. The van der Waals surface area contributed by atoms with E-state index in [9.17, 15) is 8.42 Å². The van der Waals surface area contributed by atoms with Crippen molar-refractivity contribution in [1.29, 1.82) is 0 Å². The predicted molar refractivity (Wildman–Crippen MR) is 67.5 cm³/mol. The summed E-state index contributed by atoms with van der Waals surface area (Å²) in [5.74, 6) is 0. The summed E-state index contributed by atoms with van der Waals surface area (Å²) in [6.07, 6.45) is 0.757. The van der Waals surface area contributed by atoms with E-state index in [0.29, 0.717) is 13.1 Å². The minimum Gasteiger partial charge on any atom is -0.197 e. The molecule has 1 N–H and O–H groups in total. The van der Waals surface area contributed by atoms with Crippen molar-refractivity contribution in [3.63, 3.8) is 0 Å². The highest BCUT2D eigenvalue weighted by molar-refractivity contribution is 9.09. The Balaban J connectivity index is 4.63. The lowest BCUT2D eigenvalue weighted by atomic mass is 10.0. The Kier molecular flexibility index (Phi) is 6.32. The molecule has 0 aliphatic carbocycles. The van der Waals surface area contributed by atoms with E-state index in [-0.39, 0.29) is 0 Å². The average molecular weight is 301 g/mol. The van der Waals surface area contributed by atoms with Crippen LogP contribution in [-0.4, -0.2) is 36.7 Å². The van der Waals surface area contributed by atoms with Crippen molar-refractivity contribution in [3.8, 4) is 0 Å². The molecular weight excluding hydrogens is 280 g/mol. The molecule has 0 rings (SSSR count). The van der Waals surface area contributed by atoms with Crippen molar-refractivity contribution in [2.45, 2.75) is 39.7 Å². The van der Waals surface area contributed by atoms with Crippen molar-refractivity contribution in [3.05, 3.63) is 0 Å². The minimum atomic E-state index is -3.34. The second-order valence-electron chi connectivity index (χ2n) is 4.01. The smallest absolute Gasteiger partial charge is 0.197 e. The Labute approximate surface area is 102 Å². The Hall–Kier alpha value is 0.350. The van der Waals surface area contributed by atoms with Crippen molar-refractivity contribution in [2.75, 3.05) is 18.4 Å². The predicted octanol–water partition coefficient (Wildman–Crippen LogP) is 1.73. The lowest BCUT2D eigenvalue weighted by molar-refractivity contribution is 0.390. The third-order valence-electron chi connectivity index (χ3n) is 2.17. The monoisotopic (exact) mass is 300 g/mol. The summed E-state index contributed by atoms with van der Waals surface area (Å²) >= 11 is 3.32. The van der Waals surface area contributed by atoms with Gasteiger partial charge in [-0.3, -0.25) is 0 Å². The first kappa shape index (κ1) is 15.3. The van der Waals surface area contributed by atoms with Crippen LogP contribution in [0.3, 0.4) is 0 Å². The van der Waals surface area contributed by atoms with Crippen LogP contribution in [0.25, 0.3) is 0 Å². The summed E-state index contributed by atoms with van der Waals surface area (Å²) in [4.78, 5) is 0. The van der Waals surface area contributed by atoms with E-state index in [1.807, 2.05) is 27.7 Å². The molecule has 0 radical (unpaired) electrons. The second kappa shape index (κ2) is 6.18. The maximum Gasteiger partial charge on any atom is 0.279 e. The van der Waals surface area contributed by atoms with Crippen LogP contribution in [-0.2, 0) is 10.2 Å². The molecule has 15 heavy (non-hydrogen) atoms. The third kappa shape index (κ3) is 5.29. The Morgan fingerprint density at radius 2 is 1.73 bits per heavy atom. The number of rotatable bonds is 7. The van der Waals surface area contributed by atoms with Crippen LogP contribution < -0.4 is 4.72 Å². The van der Waals surface area contributed by atoms with Gasteiger partial charge >= 0.3 is 0 Å². The topological polar surface area (TPSA) is 49.4 Å². The fraction of sp³-hybridized carbons (Fsp3) is 1.00. The van der Waals surface area contributed by atoms with Gasteiger partial charge < -0.3 is 0 Å². The van der Waals surface area contributed by atoms with Crippen LogP contribution >= 0.6 is 15.9 Å². The maximum absolute atomic E-state index is 11.9. The standard InChI is InChI=1S/C9H21BrN2O2S/c1-5-12(6-2)15(13,14)11-9(3,4)7-8-10/h11H,5-8H2,1-4H3. The van der Waals surface area contributed by atoms with Crippen LogP contribution in [0.1, 0.15) is 34.1 Å². The largest absolute Gasteiger partial charge is 0.279 e. The number of nitrogens with one attached hydrogen (secondary N) is 1. The van der Waals surface area contributed by atoms with E-state index in [1.165, 1.54) is 4.31 Å². The van der Waals surface area contributed by atoms with Crippen LogP contribution in [0.5, 0.6) is 0 Å². The quantitative estimate of drug-likeness (QED) is 0.728. The molecule has 0 atom stereocenters. The highest BCUT2D eigenvalue weighted by Crippen LogP contribution is 2.13. The molecule has 0 amide bonds. The van der Waals surface area contributed by atoms with E-state index >= 15 is 0 Å². The summed E-state index contributed by atoms with van der Waals surface area (Å²) in [6, 6.07) is 0. The molecule has 0 saturated carbocycles. The van der Waals surface area contributed by atoms with Gasteiger partial charge in [0.2, 0.25) is 0 Å². The van der Waals surface area contributed by atoms with Gasteiger partial charge in [0.25, 0.3) is 10.2 Å². The van der Waals surface area contributed by atoms with Gasteiger partial charge in [-0.15, -0.1) is 0 Å². The SMILES string of the molecule is CCN(CC)S(=O)(=O)NC(C)(C)CCBr. The van der Waals surface area contributed by atoms with E-state index < -0.39 is 15.7 Å². The first-order valence-electron chi connectivity index (χ1n) is 5.14. The summed E-state index contributed by atoms with van der Waals surface area (Å²) in [5.41, 5.74) is -0.412. The average Bonchev–Trinajstić information content (AvgIpc) is 2.02. The summed E-state index contributed by atoms with van der Waals surface area (Å²) in [6.45, 7) is 8.43. The second-order valence-corrected chi connectivity index (χ2v) is 6.48. The Bertz CT molecular complexity index is 274. The normalized spacial score (nSPS) is 13.5. The number of halogens is 1. The molecule has 0 aliphatic rings. The van der Waals surface area contributed by atoms with Gasteiger partial charge in [0, 0.05) is 24.0 Å². The molecule has 0 saturated heterocycles. The van der Waals surface area contributed by atoms with E-state index in [2.05, 4.69) is 20.7 Å². The van der Waals surface area contributed by atoms with Crippen molar-refractivity contribution >= 4 is 26.1 Å². The molecule has 0 heterocycles. The molecule has 0 aromatic rings. The summed E-state index contributed by atoms with van der Waals surface area (Å²) in [7, 11) is -3.34. The van der Waals surface area contributed by atoms with Crippen LogP contribution in [0.4, 0.5) is 0 Å². The lowest BCUT2D eigenvalue weighted by Gasteiger charge is -2.29. The van der Waals surface area contributed by atoms with Gasteiger partial charge in [-0.25, -0.2) is 0 Å². The number of alkyl halides is 1. The molecular formula is C9H21BrN2O2S. The Morgan fingerprint density at radius 1 is 1.27 bits per heavy atom. The fourth-order valence-electron chi connectivity index (χ4n) is 1.26. The zero-order chi connectivity index (χ0) is 12.1. The molecule has 92 valence electrons. The maximum atomic E-state index is 11.9. The molecule has 6 heteroatoms. The minimum absolute atomic E-state index is 0.412. The number of hydrogen-bond acceptors (Lipinski definition) is 2. The first-order valence-corrected chi connectivity index (χ1v) is 7.70. The zero-order valence-corrected chi connectivity index (χ0v) is 12.3. The molecule has 0 aliphatic heterocycles. The molecule has 0 unspecified atom stereocenters. The van der Waals surface area contributed by atoms with Crippen LogP contribution in [0.15, 0.2) is 0 Å². The highest BCUT2D eigenvalue weighted by atomic mass is 79.9. The molecule has 0 spiro atoms. The molecule has 0 aromatic heterocycles. The van der Waals surface area contributed by atoms with Gasteiger partial charge in [-0.2, -0.15) is 17.4 Å². The lowest BCUT2D eigenvalue weighted by Crippen LogP contribution is -2.50. The fourth-order valence-corrected chi connectivity index (χ4v) is 3.87. The molecule has 0 bridgehead atoms. The third-order valence-corrected chi connectivity index (χ3v) is 4.57.